The Kier molecular flexibility index (Phi) is 4.86. The number of amides is 1. The summed E-state index contributed by atoms with van der Waals surface area (Å²) < 4.78 is 14.0. The van der Waals surface area contributed by atoms with Gasteiger partial charge < -0.3 is 14.8 Å². The van der Waals surface area contributed by atoms with Gasteiger partial charge in [0.25, 0.3) is 0 Å². The molecule has 1 unspecified atom stereocenters. The first kappa shape index (κ1) is 19.6. The van der Waals surface area contributed by atoms with Crippen LogP contribution in [0.15, 0.2) is 42.5 Å². The van der Waals surface area contributed by atoms with Crippen LogP contribution < -0.4 is 14.8 Å². The van der Waals surface area contributed by atoms with Crippen molar-refractivity contribution in [2.24, 2.45) is 0 Å². The third-order valence-corrected chi connectivity index (χ3v) is 6.47. The summed E-state index contributed by atoms with van der Waals surface area (Å²) in [6.45, 7) is 4.46. The van der Waals surface area contributed by atoms with Crippen LogP contribution in [0, 0.1) is 6.92 Å². The average molecular weight is 435 g/mol. The number of anilines is 1. The SMILES string of the molecule is CCOc1ccc(C2CC(=O)Nc3c2c(C)nn3-c2nc3ccccc3s2)cc1OC. The van der Waals surface area contributed by atoms with Gasteiger partial charge in [0, 0.05) is 17.9 Å². The molecule has 8 heteroatoms. The molecule has 0 spiro atoms. The maximum absolute atomic E-state index is 12.7. The van der Waals surface area contributed by atoms with Crippen LogP contribution in [-0.2, 0) is 4.79 Å². The van der Waals surface area contributed by atoms with E-state index >= 15 is 0 Å². The number of nitrogens with one attached hydrogen (secondary N) is 1. The fraction of sp³-hybridized carbons (Fsp3) is 0.261. The maximum atomic E-state index is 12.7. The molecule has 1 amide bonds. The molecule has 1 N–H and O–H groups in total. The number of fused-ring (bicyclic) bond motifs is 2. The summed E-state index contributed by atoms with van der Waals surface area (Å²) in [5.41, 5.74) is 3.78. The summed E-state index contributed by atoms with van der Waals surface area (Å²) in [4.78, 5) is 17.4. The molecule has 7 nitrogen and oxygen atoms in total. The first-order valence-electron chi connectivity index (χ1n) is 10.1. The van der Waals surface area contributed by atoms with Gasteiger partial charge in [-0.25, -0.2) is 4.98 Å². The maximum Gasteiger partial charge on any atom is 0.226 e. The number of aryl methyl sites for hydroxylation is 1. The van der Waals surface area contributed by atoms with Crippen molar-refractivity contribution in [2.75, 3.05) is 19.0 Å². The van der Waals surface area contributed by atoms with Gasteiger partial charge in [0.2, 0.25) is 11.0 Å². The number of ether oxygens (including phenoxy) is 2. The molecule has 5 rings (SSSR count). The molecule has 158 valence electrons. The minimum absolute atomic E-state index is 0.0485. The third kappa shape index (κ3) is 3.33. The molecule has 0 saturated heterocycles. The molecular formula is C23H22N4O3S. The van der Waals surface area contributed by atoms with E-state index in [4.69, 9.17) is 19.6 Å². The number of benzene rings is 2. The van der Waals surface area contributed by atoms with Crippen molar-refractivity contribution in [3.63, 3.8) is 0 Å². The standard InChI is InChI=1S/C23H22N4O3S/c1-4-30-17-10-9-14(11-18(17)29-3)15-12-20(28)25-22-21(15)13(2)26-27(22)23-24-16-7-5-6-8-19(16)31-23/h5-11,15H,4,12H2,1-3H3,(H,25,28). The lowest BCUT2D eigenvalue weighted by atomic mass is 9.85. The Bertz CT molecular complexity index is 1260. The Morgan fingerprint density at radius 3 is 2.84 bits per heavy atom. The molecule has 2 aromatic carbocycles. The van der Waals surface area contributed by atoms with Crippen LogP contribution in [0.4, 0.5) is 5.82 Å². The smallest absolute Gasteiger partial charge is 0.226 e. The highest BCUT2D eigenvalue weighted by Gasteiger charge is 2.33. The fourth-order valence-electron chi connectivity index (χ4n) is 4.10. The van der Waals surface area contributed by atoms with Crippen molar-refractivity contribution in [1.29, 1.82) is 0 Å². The van der Waals surface area contributed by atoms with E-state index in [2.05, 4.69) is 5.32 Å². The molecule has 4 aromatic rings. The van der Waals surface area contributed by atoms with Gasteiger partial charge in [0.1, 0.15) is 5.82 Å². The molecule has 0 fully saturated rings. The van der Waals surface area contributed by atoms with E-state index in [0.717, 1.165) is 32.2 Å². The number of thiazole rings is 1. The van der Waals surface area contributed by atoms with Gasteiger partial charge in [0.05, 0.1) is 29.6 Å². The highest BCUT2D eigenvalue weighted by atomic mass is 32.1. The molecule has 1 atom stereocenters. The summed E-state index contributed by atoms with van der Waals surface area (Å²) in [5, 5.41) is 8.51. The van der Waals surface area contributed by atoms with Crippen molar-refractivity contribution in [3.05, 3.63) is 59.3 Å². The molecule has 31 heavy (non-hydrogen) atoms. The number of carbonyl (C=O) groups is 1. The Hall–Kier alpha value is -3.39. The fourth-order valence-corrected chi connectivity index (χ4v) is 5.02. The molecule has 0 bridgehead atoms. The van der Waals surface area contributed by atoms with Crippen molar-refractivity contribution >= 4 is 33.3 Å². The molecule has 2 aromatic heterocycles. The number of carbonyl (C=O) groups excluding carboxylic acids is 1. The molecule has 1 aliphatic rings. The molecule has 0 aliphatic carbocycles. The van der Waals surface area contributed by atoms with Crippen LogP contribution in [0.3, 0.4) is 0 Å². The van der Waals surface area contributed by atoms with Gasteiger partial charge >= 0.3 is 0 Å². The molecular weight excluding hydrogens is 412 g/mol. The Morgan fingerprint density at radius 2 is 2.06 bits per heavy atom. The van der Waals surface area contributed by atoms with Gasteiger partial charge in [-0.2, -0.15) is 9.78 Å². The lowest BCUT2D eigenvalue weighted by Crippen LogP contribution is -2.25. The van der Waals surface area contributed by atoms with Crippen molar-refractivity contribution < 1.29 is 14.3 Å². The van der Waals surface area contributed by atoms with Crippen LogP contribution >= 0.6 is 11.3 Å². The largest absolute Gasteiger partial charge is 0.493 e. The molecule has 0 saturated carbocycles. The first-order valence-corrected chi connectivity index (χ1v) is 11.0. The van der Waals surface area contributed by atoms with Crippen LogP contribution in [-0.4, -0.2) is 34.4 Å². The Morgan fingerprint density at radius 1 is 1.23 bits per heavy atom. The highest BCUT2D eigenvalue weighted by molar-refractivity contribution is 7.20. The number of para-hydroxylation sites is 1. The third-order valence-electron chi connectivity index (χ3n) is 5.46. The summed E-state index contributed by atoms with van der Waals surface area (Å²) in [5.74, 6) is 1.86. The van der Waals surface area contributed by atoms with E-state index in [-0.39, 0.29) is 11.8 Å². The normalized spacial score (nSPS) is 15.6. The van der Waals surface area contributed by atoms with Crippen molar-refractivity contribution in [3.8, 4) is 16.6 Å². The van der Waals surface area contributed by atoms with E-state index in [1.165, 1.54) is 0 Å². The van der Waals surface area contributed by atoms with Crippen LogP contribution in [0.5, 0.6) is 11.5 Å². The number of aromatic nitrogens is 3. The second-order valence-electron chi connectivity index (χ2n) is 7.37. The summed E-state index contributed by atoms with van der Waals surface area (Å²) >= 11 is 1.55. The zero-order valence-electron chi connectivity index (χ0n) is 17.5. The molecule has 3 heterocycles. The number of hydrogen-bond acceptors (Lipinski definition) is 6. The van der Waals surface area contributed by atoms with Crippen LogP contribution in [0.2, 0.25) is 0 Å². The predicted molar refractivity (Wildman–Crippen MR) is 121 cm³/mol. The van der Waals surface area contributed by atoms with Gasteiger partial charge in [-0.05, 0) is 43.7 Å². The van der Waals surface area contributed by atoms with E-state index in [9.17, 15) is 4.79 Å². The minimum Gasteiger partial charge on any atom is -0.493 e. The van der Waals surface area contributed by atoms with Gasteiger partial charge in [-0.3, -0.25) is 4.79 Å². The topological polar surface area (TPSA) is 78.3 Å². The first-order chi connectivity index (χ1) is 15.1. The van der Waals surface area contributed by atoms with E-state index in [1.807, 2.05) is 56.3 Å². The van der Waals surface area contributed by atoms with E-state index in [1.54, 1.807) is 23.1 Å². The molecule has 1 aliphatic heterocycles. The quantitative estimate of drug-likeness (QED) is 0.494. The van der Waals surface area contributed by atoms with E-state index in [0.29, 0.717) is 30.3 Å². The lowest BCUT2D eigenvalue weighted by molar-refractivity contribution is -0.116. The van der Waals surface area contributed by atoms with E-state index < -0.39 is 0 Å². The number of methoxy groups -OCH3 is 1. The number of rotatable bonds is 5. The van der Waals surface area contributed by atoms with Crippen LogP contribution in [0.25, 0.3) is 15.3 Å². The Balaban J connectivity index is 1.62. The predicted octanol–water partition coefficient (Wildman–Crippen LogP) is 4.67. The zero-order valence-corrected chi connectivity index (χ0v) is 18.3. The van der Waals surface area contributed by atoms with Crippen LogP contribution in [0.1, 0.15) is 36.1 Å². The van der Waals surface area contributed by atoms with Crippen molar-refractivity contribution in [1.82, 2.24) is 14.8 Å². The second kappa shape index (κ2) is 7.70. The number of nitrogens with zero attached hydrogens (tertiary/aromatic N) is 3. The van der Waals surface area contributed by atoms with Gasteiger partial charge in [-0.15, -0.1) is 0 Å². The summed E-state index contributed by atoms with van der Waals surface area (Å²) in [7, 11) is 1.62. The summed E-state index contributed by atoms with van der Waals surface area (Å²) in [6, 6.07) is 13.8. The Labute approximate surface area is 183 Å². The van der Waals surface area contributed by atoms with Gasteiger partial charge in [-0.1, -0.05) is 29.5 Å². The lowest BCUT2D eigenvalue weighted by Gasteiger charge is -2.24. The number of hydrogen-bond donors (Lipinski definition) is 1. The monoisotopic (exact) mass is 434 g/mol. The molecule has 0 radical (unpaired) electrons. The van der Waals surface area contributed by atoms with Gasteiger partial charge in [0.15, 0.2) is 11.5 Å². The second-order valence-corrected chi connectivity index (χ2v) is 8.38. The average Bonchev–Trinajstić information content (AvgIpc) is 3.34. The van der Waals surface area contributed by atoms with Crippen molar-refractivity contribution in [2.45, 2.75) is 26.2 Å². The summed E-state index contributed by atoms with van der Waals surface area (Å²) in [6.07, 6.45) is 0.344. The highest BCUT2D eigenvalue weighted by Crippen LogP contribution is 2.43. The zero-order chi connectivity index (χ0) is 21.5. The minimum atomic E-state index is -0.128.